The van der Waals surface area contributed by atoms with Gasteiger partial charge in [0.25, 0.3) is 0 Å². The minimum Gasteiger partial charge on any atom is -0.323 e. The molecule has 2 unspecified atom stereocenters. The van der Waals surface area contributed by atoms with Crippen LogP contribution in [0.1, 0.15) is 42.5 Å². The van der Waals surface area contributed by atoms with Gasteiger partial charge in [0.15, 0.2) is 0 Å². The molecule has 2 atom stereocenters. The number of hydrogen-bond donors (Lipinski definition) is 1. The van der Waals surface area contributed by atoms with Crippen LogP contribution in [0.3, 0.4) is 0 Å². The lowest BCUT2D eigenvalue weighted by molar-refractivity contribution is 0.193. The Kier molecular flexibility index (Phi) is 5.80. The fourth-order valence-corrected chi connectivity index (χ4v) is 3.62. The number of nitrogens with two attached hydrogens (primary N) is 1. The Morgan fingerprint density at radius 2 is 1.95 bits per heavy atom. The second kappa shape index (κ2) is 7.39. The Morgan fingerprint density at radius 3 is 2.57 bits per heavy atom. The number of aryl methyl sites for hydroxylation is 2. The van der Waals surface area contributed by atoms with E-state index >= 15 is 0 Å². The molecular formula is C18H31N3. The van der Waals surface area contributed by atoms with Crippen LogP contribution in [0.25, 0.3) is 0 Å². The van der Waals surface area contributed by atoms with Crippen LogP contribution in [-0.4, -0.2) is 49.1 Å². The van der Waals surface area contributed by atoms with E-state index in [-0.39, 0.29) is 6.04 Å². The topological polar surface area (TPSA) is 32.5 Å². The van der Waals surface area contributed by atoms with Crippen LogP contribution in [0.15, 0.2) is 18.2 Å². The zero-order valence-corrected chi connectivity index (χ0v) is 14.1. The first-order valence-corrected chi connectivity index (χ1v) is 8.26. The molecular weight excluding hydrogens is 258 g/mol. The molecule has 1 aliphatic heterocycles. The van der Waals surface area contributed by atoms with Crippen molar-refractivity contribution < 1.29 is 0 Å². The predicted octanol–water partition coefficient (Wildman–Crippen LogP) is 2.72. The average molecular weight is 289 g/mol. The molecule has 0 bridgehead atoms. The first-order valence-electron chi connectivity index (χ1n) is 8.26. The summed E-state index contributed by atoms with van der Waals surface area (Å²) in [7, 11) is 2.20. The van der Waals surface area contributed by atoms with Crippen molar-refractivity contribution in [3.8, 4) is 0 Å². The van der Waals surface area contributed by atoms with Crippen LogP contribution >= 0.6 is 0 Å². The molecule has 2 N–H and O–H groups in total. The summed E-state index contributed by atoms with van der Waals surface area (Å²) in [5, 5.41) is 0. The number of hydrogen-bond acceptors (Lipinski definition) is 3. The Bertz CT molecular complexity index is 438. The number of likely N-dealkylation sites (tertiary alicyclic amines) is 1. The van der Waals surface area contributed by atoms with Crippen molar-refractivity contribution >= 4 is 0 Å². The third kappa shape index (κ3) is 4.53. The van der Waals surface area contributed by atoms with Gasteiger partial charge in [0, 0.05) is 25.2 Å². The summed E-state index contributed by atoms with van der Waals surface area (Å²) in [4.78, 5) is 5.00. The van der Waals surface area contributed by atoms with Gasteiger partial charge < -0.3 is 10.6 Å². The molecule has 0 amide bonds. The van der Waals surface area contributed by atoms with E-state index in [9.17, 15) is 0 Å². The van der Waals surface area contributed by atoms with E-state index in [0.717, 1.165) is 13.1 Å². The van der Waals surface area contributed by atoms with E-state index in [2.05, 4.69) is 55.8 Å². The summed E-state index contributed by atoms with van der Waals surface area (Å²) in [6.07, 6.45) is 2.67. The standard InChI is InChI=1S/C18H31N3/c1-5-21-8-6-7-17(21)12-20(4)13-18(19)16-10-14(2)9-15(3)11-16/h9-11,17-18H,5-8,12-13,19H2,1-4H3. The lowest BCUT2D eigenvalue weighted by Crippen LogP contribution is -2.41. The maximum absolute atomic E-state index is 6.42. The summed E-state index contributed by atoms with van der Waals surface area (Å²) >= 11 is 0. The first kappa shape index (κ1) is 16.5. The van der Waals surface area contributed by atoms with Gasteiger partial charge >= 0.3 is 0 Å². The van der Waals surface area contributed by atoms with Gasteiger partial charge in [0.2, 0.25) is 0 Å². The van der Waals surface area contributed by atoms with Crippen molar-refractivity contribution in [3.05, 3.63) is 34.9 Å². The van der Waals surface area contributed by atoms with Gasteiger partial charge in [-0.05, 0) is 52.4 Å². The van der Waals surface area contributed by atoms with Gasteiger partial charge in [-0.3, -0.25) is 4.90 Å². The molecule has 0 aromatic heterocycles. The van der Waals surface area contributed by atoms with Gasteiger partial charge in [-0.2, -0.15) is 0 Å². The van der Waals surface area contributed by atoms with E-state index < -0.39 is 0 Å². The number of likely N-dealkylation sites (N-methyl/N-ethyl adjacent to an activating group) is 2. The molecule has 21 heavy (non-hydrogen) atoms. The highest BCUT2D eigenvalue weighted by atomic mass is 15.2. The Hall–Kier alpha value is -0.900. The second-order valence-corrected chi connectivity index (χ2v) is 6.67. The largest absolute Gasteiger partial charge is 0.323 e. The molecule has 1 aromatic rings. The minimum absolute atomic E-state index is 0.102. The molecule has 1 aromatic carbocycles. The van der Waals surface area contributed by atoms with Gasteiger partial charge in [-0.25, -0.2) is 0 Å². The highest BCUT2D eigenvalue weighted by Crippen LogP contribution is 2.19. The highest BCUT2D eigenvalue weighted by molar-refractivity contribution is 5.30. The predicted molar refractivity (Wildman–Crippen MR) is 90.6 cm³/mol. The molecule has 0 radical (unpaired) electrons. The molecule has 118 valence electrons. The van der Waals surface area contributed by atoms with Gasteiger partial charge in [0.1, 0.15) is 0 Å². The third-order valence-electron chi connectivity index (χ3n) is 4.61. The summed E-state index contributed by atoms with van der Waals surface area (Å²) in [5.41, 5.74) is 10.3. The fourth-order valence-electron chi connectivity index (χ4n) is 3.62. The van der Waals surface area contributed by atoms with Crippen LogP contribution in [0.4, 0.5) is 0 Å². The average Bonchev–Trinajstić information content (AvgIpc) is 2.84. The number of nitrogens with zero attached hydrogens (tertiary/aromatic N) is 2. The van der Waals surface area contributed by atoms with Crippen LogP contribution in [0, 0.1) is 13.8 Å². The Labute approximate surface area is 130 Å². The molecule has 1 aliphatic rings. The molecule has 1 fully saturated rings. The molecule has 0 saturated carbocycles. The molecule has 0 spiro atoms. The lowest BCUT2D eigenvalue weighted by Gasteiger charge is -2.29. The van der Waals surface area contributed by atoms with E-state index in [1.807, 2.05) is 0 Å². The van der Waals surface area contributed by atoms with Crippen molar-refractivity contribution in [3.63, 3.8) is 0 Å². The van der Waals surface area contributed by atoms with Crippen molar-refractivity contribution in [1.29, 1.82) is 0 Å². The van der Waals surface area contributed by atoms with Crippen LogP contribution in [0.2, 0.25) is 0 Å². The van der Waals surface area contributed by atoms with Crippen molar-refractivity contribution in [2.75, 3.05) is 33.2 Å². The highest BCUT2D eigenvalue weighted by Gasteiger charge is 2.24. The maximum Gasteiger partial charge on any atom is 0.0424 e. The summed E-state index contributed by atoms with van der Waals surface area (Å²) in [6, 6.07) is 7.47. The lowest BCUT2D eigenvalue weighted by atomic mass is 10.0. The smallest absolute Gasteiger partial charge is 0.0424 e. The maximum atomic E-state index is 6.42. The second-order valence-electron chi connectivity index (χ2n) is 6.67. The molecule has 1 heterocycles. The molecule has 0 aliphatic carbocycles. The normalized spacial score (nSPS) is 21.1. The van der Waals surface area contributed by atoms with E-state index in [1.165, 1.54) is 42.6 Å². The Morgan fingerprint density at radius 1 is 1.29 bits per heavy atom. The zero-order valence-electron chi connectivity index (χ0n) is 14.1. The summed E-state index contributed by atoms with van der Waals surface area (Å²) in [6.45, 7) is 11.0. The van der Waals surface area contributed by atoms with E-state index in [1.54, 1.807) is 0 Å². The number of rotatable bonds is 6. The first-order chi connectivity index (χ1) is 9.99. The van der Waals surface area contributed by atoms with Crippen LogP contribution in [-0.2, 0) is 0 Å². The van der Waals surface area contributed by atoms with Crippen LogP contribution in [0.5, 0.6) is 0 Å². The molecule has 3 heteroatoms. The van der Waals surface area contributed by atoms with Gasteiger partial charge in [-0.1, -0.05) is 36.2 Å². The quantitative estimate of drug-likeness (QED) is 0.874. The monoisotopic (exact) mass is 289 g/mol. The van der Waals surface area contributed by atoms with Crippen LogP contribution < -0.4 is 5.73 Å². The zero-order chi connectivity index (χ0) is 15.4. The SMILES string of the molecule is CCN1CCCC1CN(C)CC(N)c1cc(C)cc(C)c1. The minimum atomic E-state index is 0.102. The fraction of sp³-hybridized carbons (Fsp3) is 0.667. The molecule has 2 rings (SSSR count). The van der Waals surface area contributed by atoms with Crippen molar-refractivity contribution in [1.82, 2.24) is 9.80 Å². The van der Waals surface area contributed by atoms with E-state index in [4.69, 9.17) is 5.73 Å². The Balaban J connectivity index is 1.91. The summed E-state index contributed by atoms with van der Waals surface area (Å²) in [5.74, 6) is 0. The molecule has 1 saturated heterocycles. The van der Waals surface area contributed by atoms with Crippen molar-refractivity contribution in [2.45, 2.75) is 45.7 Å². The number of benzene rings is 1. The van der Waals surface area contributed by atoms with Crippen molar-refractivity contribution in [2.24, 2.45) is 5.73 Å². The van der Waals surface area contributed by atoms with Gasteiger partial charge in [-0.15, -0.1) is 0 Å². The molecule has 3 nitrogen and oxygen atoms in total. The van der Waals surface area contributed by atoms with E-state index in [0.29, 0.717) is 6.04 Å². The summed E-state index contributed by atoms with van der Waals surface area (Å²) < 4.78 is 0. The third-order valence-corrected chi connectivity index (χ3v) is 4.61. The van der Waals surface area contributed by atoms with Gasteiger partial charge in [0.05, 0.1) is 0 Å².